The molecule has 0 saturated carbocycles. The van der Waals surface area contributed by atoms with Crippen LogP contribution in [0.25, 0.3) is 0 Å². The van der Waals surface area contributed by atoms with Gasteiger partial charge in [-0.3, -0.25) is 9.18 Å². The average molecular weight is 255 g/mol. The molecule has 1 unspecified atom stereocenters. The van der Waals surface area contributed by atoms with Crippen LogP contribution in [0.5, 0.6) is 5.75 Å². The lowest BCUT2D eigenvalue weighted by molar-refractivity contribution is 0.0830. The standard InChI is InChI=1S/C13H18FNO3/c1-13(9-16,7-8-14)15-12(17)10-5-3-4-6-11(10)18-2/h3-6,16H,7-9H2,1-2H3,(H,15,17). The number of rotatable bonds is 6. The number of aliphatic hydroxyl groups is 1. The highest BCUT2D eigenvalue weighted by molar-refractivity contribution is 5.97. The van der Waals surface area contributed by atoms with E-state index >= 15 is 0 Å². The van der Waals surface area contributed by atoms with E-state index in [1.807, 2.05) is 0 Å². The first-order chi connectivity index (χ1) is 8.56. The van der Waals surface area contributed by atoms with Crippen LogP contribution in [-0.4, -0.2) is 36.9 Å². The Morgan fingerprint density at radius 3 is 2.72 bits per heavy atom. The van der Waals surface area contributed by atoms with E-state index in [4.69, 9.17) is 4.74 Å². The number of nitrogens with one attached hydrogen (secondary N) is 1. The Morgan fingerprint density at radius 2 is 2.17 bits per heavy atom. The van der Waals surface area contributed by atoms with Crippen LogP contribution in [0.3, 0.4) is 0 Å². The molecular weight excluding hydrogens is 237 g/mol. The number of para-hydroxylation sites is 1. The van der Waals surface area contributed by atoms with Gasteiger partial charge in [0.05, 0.1) is 31.5 Å². The minimum absolute atomic E-state index is 0.0599. The molecule has 0 spiro atoms. The number of halogens is 1. The van der Waals surface area contributed by atoms with Crippen LogP contribution in [0, 0.1) is 0 Å². The first kappa shape index (κ1) is 14.4. The van der Waals surface area contributed by atoms with E-state index in [2.05, 4.69) is 5.32 Å². The Morgan fingerprint density at radius 1 is 1.50 bits per heavy atom. The van der Waals surface area contributed by atoms with E-state index in [0.717, 1.165) is 0 Å². The summed E-state index contributed by atoms with van der Waals surface area (Å²) < 4.78 is 17.5. The van der Waals surface area contributed by atoms with Crippen molar-refractivity contribution in [2.45, 2.75) is 18.9 Å². The molecular formula is C13H18FNO3. The lowest BCUT2D eigenvalue weighted by atomic mass is 9.99. The monoisotopic (exact) mass is 255 g/mol. The summed E-state index contributed by atoms with van der Waals surface area (Å²) in [5.74, 6) is 0.0491. The largest absolute Gasteiger partial charge is 0.496 e. The molecule has 1 aromatic carbocycles. The zero-order valence-electron chi connectivity index (χ0n) is 10.6. The second kappa shape index (κ2) is 6.35. The van der Waals surface area contributed by atoms with Gasteiger partial charge < -0.3 is 15.2 Å². The predicted molar refractivity (Wildman–Crippen MR) is 66.5 cm³/mol. The molecule has 5 heteroatoms. The van der Waals surface area contributed by atoms with Crippen molar-refractivity contribution in [2.24, 2.45) is 0 Å². The molecule has 18 heavy (non-hydrogen) atoms. The van der Waals surface area contributed by atoms with Crippen LogP contribution >= 0.6 is 0 Å². The topological polar surface area (TPSA) is 58.6 Å². The quantitative estimate of drug-likeness (QED) is 0.810. The molecule has 0 aliphatic carbocycles. The van der Waals surface area contributed by atoms with Gasteiger partial charge in [-0.15, -0.1) is 0 Å². The summed E-state index contributed by atoms with van der Waals surface area (Å²) in [5, 5.41) is 11.9. The van der Waals surface area contributed by atoms with Gasteiger partial charge in [-0.2, -0.15) is 0 Å². The minimum Gasteiger partial charge on any atom is -0.496 e. The van der Waals surface area contributed by atoms with Gasteiger partial charge in [-0.25, -0.2) is 0 Å². The van der Waals surface area contributed by atoms with E-state index in [9.17, 15) is 14.3 Å². The zero-order valence-corrected chi connectivity index (χ0v) is 10.6. The van der Waals surface area contributed by atoms with Crippen molar-refractivity contribution in [3.8, 4) is 5.75 Å². The number of carbonyl (C=O) groups is 1. The molecule has 0 fully saturated rings. The van der Waals surface area contributed by atoms with E-state index in [0.29, 0.717) is 11.3 Å². The third-order valence-electron chi connectivity index (χ3n) is 2.76. The summed E-state index contributed by atoms with van der Waals surface area (Å²) >= 11 is 0. The molecule has 0 aliphatic heterocycles. The molecule has 0 bridgehead atoms. The Labute approximate surface area is 106 Å². The van der Waals surface area contributed by atoms with Gasteiger partial charge in [0.25, 0.3) is 5.91 Å². The number of alkyl halides is 1. The van der Waals surface area contributed by atoms with Crippen molar-refractivity contribution in [3.05, 3.63) is 29.8 Å². The second-order valence-corrected chi connectivity index (χ2v) is 4.31. The predicted octanol–water partition coefficient (Wildman–Crippen LogP) is 1.54. The molecule has 2 N–H and O–H groups in total. The van der Waals surface area contributed by atoms with Gasteiger partial charge in [-0.1, -0.05) is 12.1 Å². The number of carbonyl (C=O) groups excluding carboxylic acids is 1. The number of hydrogen-bond acceptors (Lipinski definition) is 3. The lowest BCUT2D eigenvalue weighted by Crippen LogP contribution is -2.49. The Balaban J connectivity index is 2.87. The maximum absolute atomic E-state index is 12.4. The molecule has 0 aromatic heterocycles. The van der Waals surface area contributed by atoms with Crippen LogP contribution in [-0.2, 0) is 0 Å². The van der Waals surface area contributed by atoms with Crippen LogP contribution in [0.1, 0.15) is 23.7 Å². The zero-order chi connectivity index (χ0) is 13.6. The number of methoxy groups -OCH3 is 1. The Bertz CT molecular complexity index is 411. The van der Waals surface area contributed by atoms with Crippen molar-refractivity contribution in [1.82, 2.24) is 5.32 Å². The third kappa shape index (κ3) is 3.43. The highest BCUT2D eigenvalue weighted by atomic mass is 19.1. The van der Waals surface area contributed by atoms with E-state index in [1.54, 1.807) is 31.2 Å². The summed E-state index contributed by atoms with van der Waals surface area (Å²) in [6.07, 6.45) is 0.0599. The maximum atomic E-state index is 12.4. The molecule has 0 saturated heterocycles. The van der Waals surface area contributed by atoms with Crippen molar-refractivity contribution in [3.63, 3.8) is 0 Å². The molecule has 0 heterocycles. The summed E-state index contributed by atoms with van der Waals surface area (Å²) in [5.41, 5.74) is -0.606. The summed E-state index contributed by atoms with van der Waals surface area (Å²) in [6.45, 7) is 0.668. The number of ether oxygens (including phenoxy) is 1. The highest BCUT2D eigenvalue weighted by Crippen LogP contribution is 2.19. The Kier molecular flexibility index (Phi) is 5.09. The fraction of sp³-hybridized carbons (Fsp3) is 0.462. The number of hydrogen-bond donors (Lipinski definition) is 2. The van der Waals surface area contributed by atoms with Crippen LogP contribution in [0.4, 0.5) is 4.39 Å². The Hall–Kier alpha value is -1.62. The first-order valence-corrected chi connectivity index (χ1v) is 5.68. The van der Waals surface area contributed by atoms with Crippen LogP contribution in [0.15, 0.2) is 24.3 Å². The van der Waals surface area contributed by atoms with Crippen molar-refractivity contribution in [1.29, 1.82) is 0 Å². The smallest absolute Gasteiger partial charge is 0.255 e. The molecule has 1 atom stereocenters. The SMILES string of the molecule is COc1ccccc1C(=O)NC(C)(CO)CCF. The second-order valence-electron chi connectivity index (χ2n) is 4.31. The van der Waals surface area contributed by atoms with Crippen molar-refractivity contribution < 1.29 is 19.0 Å². The maximum Gasteiger partial charge on any atom is 0.255 e. The van der Waals surface area contributed by atoms with Gasteiger partial charge in [0.2, 0.25) is 0 Å². The van der Waals surface area contributed by atoms with Crippen LogP contribution < -0.4 is 10.1 Å². The normalized spacial score (nSPS) is 13.8. The van der Waals surface area contributed by atoms with Gasteiger partial charge >= 0.3 is 0 Å². The van der Waals surface area contributed by atoms with Crippen LogP contribution in [0.2, 0.25) is 0 Å². The summed E-state index contributed by atoms with van der Waals surface area (Å²) in [7, 11) is 1.47. The molecule has 0 radical (unpaired) electrons. The molecule has 1 rings (SSSR count). The molecule has 1 aromatic rings. The fourth-order valence-corrected chi connectivity index (χ4v) is 1.56. The summed E-state index contributed by atoms with van der Waals surface area (Å²) in [4.78, 5) is 12.0. The van der Waals surface area contributed by atoms with Gasteiger partial charge in [0, 0.05) is 6.42 Å². The van der Waals surface area contributed by atoms with Crippen molar-refractivity contribution in [2.75, 3.05) is 20.4 Å². The first-order valence-electron chi connectivity index (χ1n) is 5.68. The number of benzene rings is 1. The van der Waals surface area contributed by atoms with Gasteiger partial charge in [-0.05, 0) is 19.1 Å². The minimum atomic E-state index is -0.966. The average Bonchev–Trinajstić information content (AvgIpc) is 2.38. The van der Waals surface area contributed by atoms with E-state index in [1.165, 1.54) is 7.11 Å². The molecule has 1 amide bonds. The molecule has 0 aliphatic rings. The third-order valence-corrected chi connectivity index (χ3v) is 2.76. The van der Waals surface area contributed by atoms with Gasteiger partial charge in [0.1, 0.15) is 5.75 Å². The van der Waals surface area contributed by atoms with E-state index in [-0.39, 0.29) is 13.0 Å². The fourth-order valence-electron chi connectivity index (χ4n) is 1.56. The lowest BCUT2D eigenvalue weighted by Gasteiger charge is -2.27. The van der Waals surface area contributed by atoms with Crippen molar-refractivity contribution >= 4 is 5.91 Å². The number of amides is 1. The van der Waals surface area contributed by atoms with E-state index < -0.39 is 18.1 Å². The highest BCUT2D eigenvalue weighted by Gasteiger charge is 2.26. The molecule has 4 nitrogen and oxygen atoms in total. The molecule has 100 valence electrons. The number of aliphatic hydroxyl groups excluding tert-OH is 1. The summed E-state index contributed by atoms with van der Waals surface area (Å²) in [6, 6.07) is 6.74. The van der Waals surface area contributed by atoms with Gasteiger partial charge in [0.15, 0.2) is 0 Å².